The molecule has 160 valence electrons. The van der Waals surface area contributed by atoms with Crippen molar-refractivity contribution in [2.75, 3.05) is 43.6 Å². The van der Waals surface area contributed by atoms with Gasteiger partial charge in [-0.05, 0) is 48.9 Å². The third kappa shape index (κ3) is 4.32. The van der Waals surface area contributed by atoms with E-state index in [9.17, 15) is 9.59 Å². The Morgan fingerprint density at radius 3 is 2.61 bits per heavy atom. The maximum absolute atomic E-state index is 13.2. The van der Waals surface area contributed by atoms with Gasteiger partial charge in [-0.25, -0.2) is 0 Å². The predicted molar refractivity (Wildman–Crippen MR) is 121 cm³/mol. The van der Waals surface area contributed by atoms with Gasteiger partial charge in [-0.3, -0.25) is 14.2 Å². The van der Waals surface area contributed by atoms with Crippen molar-refractivity contribution in [2.24, 2.45) is 0 Å². The number of nitrogens with zero attached hydrogens (tertiary/aromatic N) is 2. The van der Waals surface area contributed by atoms with E-state index in [1.54, 1.807) is 38.4 Å². The summed E-state index contributed by atoms with van der Waals surface area (Å²) in [6, 6.07) is 16.6. The molecular formula is C24H25N3O4. The minimum atomic E-state index is -0.439. The lowest BCUT2D eigenvalue weighted by atomic mass is 10.1. The van der Waals surface area contributed by atoms with Crippen molar-refractivity contribution in [2.45, 2.75) is 6.92 Å². The lowest BCUT2D eigenvalue weighted by molar-refractivity contribution is 0.102. The zero-order chi connectivity index (χ0) is 21.8. The van der Waals surface area contributed by atoms with E-state index in [-0.39, 0.29) is 5.56 Å². The molecule has 2 aromatic carbocycles. The maximum atomic E-state index is 13.2. The molecular weight excluding hydrogens is 394 g/mol. The molecule has 4 rings (SSSR count). The van der Waals surface area contributed by atoms with E-state index in [4.69, 9.17) is 9.47 Å². The predicted octanol–water partition coefficient (Wildman–Crippen LogP) is 3.24. The SMILES string of the molecule is COc1ccccc1-n1ccc(C)c(C(=O)Nc2cccc(N3CCOCC3)c2)c1=O. The van der Waals surface area contributed by atoms with Crippen LogP contribution in [0.4, 0.5) is 11.4 Å². The minimum Gasteiger partial charge on any atom is -0.495 e. The minimum absolute atomic E-state index is 0.102. The Hall–Kier alpha value is -3.58. The second kappa shape index (κ2) is 9.06. The van der Waals surface area contributed by atoms with Crippen LogP contribution in [0.3, 0.4) is 0 Å². The average Bonchev–Trinajstić information content (AvgIpc) is 2.80. The number of rotatable bonds is 5. The molecule has 0 bridgehead atoms. The lowest BCUT2D eigenvalue weighted by Gasteiger charge is -2.29. The number of amides is 1. The highest BCUT2D eigenvalue weighted by atomic mass is 16.5. The number of carbonyl (C=O) groups excluding carboxylic acids is 1. The largest absolute Gasteiger partial charge is 0.495 e. The molecule has 2 heterocycles. The summed E-state index contributed by atoms with van der Waals surface area (Å²) in [7, 11) is 1.55. The summed E-state index contributed by atoms with van der Waals surface area (Å²) in [6.07, 6.45) is 1.66. The number of ether oxygens (including phenoxy) is 2. The molecule has 0 unspecified atom stereocenters. The van der Waals surface area contributed by atoms with Gasteiger partial charge in [-0.1, -0.05) is 18.2 Å². The highest BCUT2D eigenvalue weighted by Gasteiger charge is 2.19. The van der Waals surface area contributed by atoms with Gasteiger partial charge in [0, 0.05) is 30.7 Å². The average molecular weight is 419 g/mol. The summed E-state index contributed by atoms with van der Waals surface area (Å²) in [4.78, 5) is 28.5. The van der Waals surface area contributed by atoms with Gasteiger partial charge < -0.3 is 19.7 Å². The highest BCUT2D eigenvalue weighted by Crippen LogP contribution is 2.23. The lowest BCUT2D eigenvalue weighted by Crippen LogP contribution is -2.36. The first-order valence-electron chi connectivity index (χ1n) is 10.2. The molecule has 7 heteroatoms. The number of pyridine rings is 1. The number of hydrogen-bond acceptors (Lipinski definition) is 5. The molecule has 1 aliphatic rings. The third-order valence-corrected chi connectivity index (χ3v) is 5.35. The summed E-state index contributed by atoms with van der Waals surface area (Å²) >= 11 is 0. The molecule has 0 saturated carbocycles. The van der Waals surface area contributed by atoms with Crippen molar-refractivity contribution in [3.8, 4) is 11.4 Å². The molecule has 1 saturated heterocycles. The molecule has 1 fully saturated rings. The summed E-state index contributed by atoms with van der Waals surface area (Å²) in [5, 5.41) is 2.89. The molecule has 7 nitrogen and oxygen atoms in total. The number of hydrogen-bond donors (Lipinski definition) is 1. The van der Waals surface area contributed by atoms with Gasteiger partial charge >= 0.3 is 0 Å². The van der Waals surface area contributed by atoms with E-state index in [0.29, 0.717) is 35.9 Å². The third-order valence-electron chi connectivity index (χ3n) is 5.35. The summed E-state index contributed by atoms with van der Waals surface area (Å²) in [6.45, 7) is 4.73. The molecule has 1 N–H and O–H groups in total. The van der Waals surface area contributed by atoms with Crippen LogP contribution in [0.1, 0.15) is 15.9 Å². The Balaban J connectivity index is 1.64. The Kier molecular flexibility index (Phi) is 6.04. The standard InChI is InChI=1S/C24H25N3O4/c1-17-10-11-27(20-8-3-4-9-21(20)30-2)24(29)22(17)23(28)25-18-6-5-7-19(16-18)26-12-14-31-15-13-26/h3-11,16H,12-15H2,1-2H3,(H,25,28). The number of nitrogens with one attached hydrogen (secondary N) is 1. The van der Waals surface area contributed by atoms with E-state index in [2.05, 4.69) is 10.2 Å². The molecule has 0 spiro atoms. The van der Waals surface area contributed by atoms with Crippen molar-refractivity contribution < 1.29 is 14.3 Å². The molecule has 1 amide bonds. The van der Waals surface area contributed by atoms with Crippen LogP contribution in [-0.4, -0.2) is 43.9 Å². The second-order valence-electron chi connectivity index (χ2n) is 7.32. The first-order chi connectivity index (χ1) is 15.1. The zero-order valence-corrected chi connectivity index (χ0v) is 17.6. The normalized spacial score (nSPS) is 13.7. The number of morpholine rings is 1. The van der Waals surface area contributed by atoms with Gasteiger partial charge in [0.05, 0.1) is 26.0 Å². The fourth-order valence-electron chi connectivity index (χ4n) is 3.72. The van der Waals surface area contributed by atoms with Crippen LogP contribution >= 0.6 is 0 Å². The van der Waals surface area contributed by atoms with E-state index in [0.717, 1.165) is 18.8 Å². The fraction of sp³-hybridized carbons (Fsp3) is 0.250. The number of para-hydroxylation sites is 2. The number of aromatic nitrogens is 1. The van der Waals surface area contributed by atoms with Crippen LogP contribution in [0.2, 0.25) is 0 Å². The van der Waals surface area contributed by atoms with Crippen LogP contribution < -0.4 is 20.5 Å². The van der Waals surface area contributed by atoms with Crippen LogP contribution in [0.5, 0.6) is 5.75 Å². The zero-order valence-electron chi connectivity index (χ0n) is 17.6. The fourth-order valence-corrected chi connectivity index (χ4v) is 3.72. The smallest absolute Gasteiger partial charge is 0.268 e. The van der Waals surface area contributed by atoms with Crippen molar-refractivity contribution >= 4 is 17.3 Å². The number of methoxy groups -OCH3 is 1. The van der Waals surface area contributed by atoms with Crippen molar-refractivity contribution in [1.82, 2.24) is 4.57 Å². The Labute approximate surface area is 180 Å². The first-order valence-corrected chi connectivity index (χ1v) is 10.2. The van der Waals surface area contributed by atoms with Crippen LogP contribution in [0.25, 0.3) is 5.69 Å². The van der Waals surface area contributed by atoms with Gasteiger partial charge in [0.15, 0.2) is 0 Å². The maximum Gasteiger partial charge on any atom is 0.268 e. The van der Waals surface area contributed by atoms with E-state index in [1.165, 1.54) is 4.57 Å². The van der Waals surface area contributed by atoms with Gasteiger partial charge in [0.1, 0.15) is 11.3 Å². The highest BCUT2D eigenvalue weighted by molar-refractivity contribution is 6.05. The molecule has 1 aromatic heterocycles. The van der Waals surface area contributed by atoms with Crippen molar-refractivity contribution in [3.05, 3.63) is 82.3 Å². The number of anilines is 2. The van der Waals surface area contributed by atoms with Crippen molar-refractivity contribution in [1.29, 1.82) is 0 Å². The Morgan fingerprint density at radius 2 is 1.84 bits per heavy atom. The van der Waals surface area contributed by atoms with E-state index in [1.807, 2.05) is 36.4 Å². The van der Waals surface area contributed by atoms with Crippen LogP contribution in [0.15, 0.2) is 65.6 Å². The number of aryl methyl sites for hydroxylation is 1. The van der Waals surface area contributed by atoms with Crippen molar-refractivity contribution in [3.63, 3.8) is 0 Å². The Morgan fingerprint density at radius 1 is 1.06 bits per heavy atom. The molecule has 31 heavy (non-hydrogen) atoms. The van der Waals surface area contributed by atoms with Crippen LogP contribution in [-0.2, 0) is 4.74 Å². The second-order valence-corrected chi connectivity index (χ2v) is 7.32. The summed E-state index contributed by atoms with van der Waals surface area (Å²) in [5.74, 6) is 0.115. The number of benzene rings is 2. The summed E-state index contributed by atoms with van der Waals surface area (Å²) < 4.78 is 12.2. The topological polar surface area (TPSA) is 72.8 Å². The number of carbonyl (C=O) groups is 1. The molecule has 0 atom stereocenters. The van der Waals surface area contributed by atoms with Gasteiger partial charge in [-0.15, -0.1) is 0 Å². The molecule has 0 radical (unpaired) electrons. The van der Waals surface area contributed by atoms with Crippen LogP contribution in [0, 0.1) is 6.92 Å². The molecule has 3 aromatic rings. The molecule has 0 aliphatic carbocycles. The van der Waals surface area contributed by atoms with E-state index >= 15 is 0 Å². The summed E-state index contributed by atoms with van der Waals surface area (Å²) in [5.41, 5.74) is 2.55. The monoisotopic (exact) mass is 419 g/mol. The van der Waals surface area contributed by atoms with Gasteiger partial charge in [0.25, 0.3) is 11.5 Å². The first kappa shape index (κ1) is 20.7. The van der Waals surface area contributed by atoms with Gasteiger partial charge in [-0.2, -0.15) is 0 Å². The Bertz CT molecular complexity index is 1150. The molecule has 1 aliphatic heterocycles. The van der Waals surface area contributed by atoms with Gasteiger partial charge in [0.2, 0.25) is 0 Å². The van der Waals surface area contributed by atoms with E-state index < -0.39 is 11.5 Å². The quantitative estimate of drug-likeness (QED) is 0.687.